The van der Waals surface area contributed by atoms with Crippen LogP contribution in [0.3, 0.4) is 0 Å². The Morgan fingerprint density at radius 2 is 1.19 bits per heavy atom. The monoisotopic (exact) mass is 402 g/mol. The molecule has 0 bridgehead atoms. The summed E-state index contributed by atoms with van der Waals surface area (Å²) >= 11 is 0. The molecule has 1 aliphatic rings. The molecule has 1 fully saturated rings. The number of hydrogen-bond acceptors (Lipinski definition) is 4. The van der Waals surface area contributed by atoms with E-state index in [1.165, 1.54) is 77.0 Å². The van der Waals surface area contributed by atoms with Gasteiger partial charge in [-0.05, 0) is 32.9 Å². The van der Waals surface area contributed by atoms with Gasteiger partial charge in [0.15, 0.2) is 0 Å². The molecule has 0 radical (unpaired) electrons. The van der Waals surface area contributed by atoms with Crippen molar-refractivity contribution >= 4 is 8.56 Å². The van der Waals surface area contributed by atoms with E-state index >= 15 is 0 Å². The fourth-order valence-electron chi connectivity index (χ4n) is 3.59. The Balaban J connectivity index is 1.74. The number of unbranched alkanes of at least 4 members (excludes halogenated alkanes) is 11. The maximum atomic E-state index is 5.91. The zero-order chi connectivity index (χ0) is 19.6. The Kier molecular flexibility index (Phi) is 15.8. The molecule has 4 nitrogen and oxygen atoms in total. The minimum absolute atomic E-state index is 0.414. The molecule has 1 unspecified atom stereocenters. The highest BCUT2D eigenvalue weighted by atomic mass is 28.4. The van der Waals surface area contributed by atoms with E-state index < -0.39 is 8.56 Å². The van der Waals surface area contributed by atoms with Crippen LogP contribution in [0.5, 0.6) is 0 Å². The van der Waals surface area contributed by atoms with Crippen molar-refractivity contribution in [2.75, 3.05) is 33.0 Å². The second-order valence-electron chi connectivity index (χ2n) is 8.02. The second-order valence-corrected chi connectivity index (χ2v) is 11.4. The van der Waals surface area contributed by atoms with Crippen molar-refractivity contribution in [1.82, 2.24) is 0 Å². The van der Waals surface area contributed by atoms with Crippen LogP contribution in [0, 0.1) is 0 Å². The van der Waals surface area contributed by atoms with Gasteiger partial charge in [0.25, 0.3) is 0 Å². The van der Waals surface area contributed by atoms with Crippen molar-refractivity contribution in [3.05, 3.63) is 0 Å². The molecule has 162 valence electrons. The lowest BCUT2D eigenvalue weighted by atomic mass is 10.1. The van der Waals surface area contributed by atoms with Gasteiger partial charge in [-0.25, -0.2) is 0 Å². The molecule has 0 amide bonds. The topological polar surface area (TPSA) is 40.2 Å². The van der Waals surface area contributed by atoms with E-state index in [-0.39, 0.29) is 0 Å². The van der Waals surface area contributed by atoms with Crippen LogP contribution < -0.4 is 0 Å². The summed E-state index contributed by atoms with van der Waals surface area (Å²) in [5.41, 5.74) is 0. The second kappa shape index (κ2) is 17.0. The van der Waals surface area contributed by atoms with Gasteiger partial charge in [0.2, 0.25) is 0 Å². The molecule has 0 aromatic rings. The van der Waals surface area contributed by atoms with Gasteiger partial charge < -0.3 is 18.3 Å². The third-order valence-corrected chi connectivity index (χ3v) is 8.34. The first-order valence-electron chi connectivity index (χ1n) is 11.7. The average Bonchev–Trinajstić information content (AvgIpc) is 3.46. The predicted molar refractivity (Wildman–Crippen MR) is 116 cm³/mol. The van der Waals surface area contributed by atoms with Crippen LogP contribution in [0.25, 0.3) is 0 Å². The molecule has 0 aliphatic carbocycles. The quantitative estimate of drug-likeness (QED) is 0.130. The van der Waals surface area contributed by atoms with E-state index in [2.05, 4.69) is 20.4 Å². The molecule has 1 aliphatic heterocycles. The van der Waals surface area contributed by atoms with Crippen LogP contribution in [0.2, 0.25) is 12.6 Å². The summed E-state index contributed by atoms with van der Waals surface area (Å²) in [7, 11) is -1.87. The minimum Gasteiger partial charge on any atom is -0.395 e. The van der Waals surface area contributed by atoms with E-state index in [1.807, 2.05) is 0 Å². The first-order chi connectivity index (χ1) is 13.2. The summed E-state index contributed by atoms with van der Waals surface area (Å²) in [6.07, 6.45) is 16.7. The third kappa shape index (κ3) is 15.6. The van der Waals surface area contributed by atoms with Crippen LogP contribution in [-0.4, -0.2) is 47.7 Å². The van der Waals surface area contributed by atoms with Crippen molar-refractivity contribution in [1.29, 1.82) is 0 Å². The highest BCUT2D eigenvalue weighted by Crippen LogP contribution is 2.19. The molecule has 0 saturated carbocycles. The fourth-order valence-corrected chi connectivity index (χ4v) is 6.08. The Morgan fingerprint density at radius 3 is 1.63 bits per heavy atom. The van der Waals surface area contributed by atoms with E-state index in [1.54, 1.807) is 0 Å². The van der Waals surface area contributed by atoms with Crippen molar-refractivity contribution in [3.8, 4) is 0 Å². The van der Waals surface area contributed by atoms with E-state index in [0.717, 1.165) is 39.1 Å². The molecule has 1 atom stereocenters. The number of ether oxygens (including phenoxy) is 2. The number of epoxide rings is 1. The third-order valence-electron chi connectivity index (χ3n) is 5.28. The van der Waals surface area contributed by atoms with Gasteiger partial charge in [-0.3, -0.25) is 0 Å². The molecular formula is C22H46O4Si. The normalized spacial score (nSPS) is 16.8. The molecule has 1 saturated heterocycles. The summed E-state index contributed by atoms with van der Waals surface area (Å²) in [6.45, 7) is 10.6. The molecular weight excluding hydrogens is 356 g/mol. The largest absolute Gasteiger partial charge is 0.395 e. The molecule has 0 aromatic carbocycles. The van der Waals surface area contributed by atoms with Crippen LogP contribution in [0.1, 0.15) is 90.9 Å². The Bertz CT molecular complexity index is 317. The Labute approximate surface area is 169 Å². The van der Waals surface area contributed by atoms with Crippen LogP contribution in [0.4, 0.5) is 0 Å². The van der Waals surface area contributed by atoms with Gasteiger partial charge in [0.05, 0.1) is 13.2 Å². The maximum absolute atomic E-state index is 5.91. The molecule has 0 N–H and O–H groups in total. The number of hydrogen-bond donors (Lipinski definition) is 0. The van der Waals surface area contributed by atoms with E-state index in [9.17, 15) is 0 Å². The van der Waals surface area contributed by atoms with Crippen molar-refractivity contribution in [2.45, 2.75) is 110 Å². The fraction of sp³-hybridized carbons (Fsp3) is 1.00. The van der Waals surface area contributed by atoms with Gasteiger partial charge in [0.1, 0.15) is 6.10 Å². The van der Waals surface area contributed by atoms with Gasteiger partial charge in [-0.15, -0.1) is 0 Å². The summed E-state index contributed by atoms with van der Waals surface area (Å²) in [5.74, 6) is 0. The smallest absolute Gasteiger partial charge is 0.334 e. The Hall–Kier alpha value is 0.0569. The zero-order valence-corrected chi connectivity index (χ0v) is 19.4. The summed E-state index contributed by atoms with van der Waals surface area (Å²) < 4.78 is 22.5. The molecule has 1 rings (SSSR count). The molecule has 0 spiro atoms. The molecule has 27 heavy (non-hydrogen) atoms. The average molecular weight is 403 g/mol. The van der Waals surface area contributed by atoms with Crippen LogP contribution >= 0.6 is 0 Å². The van der Waals surface area contributed by atoms with Gasteiger partial charge >= 0.3 is 8.56 Å². The maximum Gasteiger partial charge on any atom is 0.334 e. The Morgan fingerprint density at radius 1 is 0.741 bits per heavy atom. The van der Waals surface area contributed by atoms with Gasteiger partial charge in [-0.2, -0.15) is 0 Å². The zero-order valence-electron chi connectivity index (χ0n) is 18.4. The van der Waals surface area contributed by atoms with Crippen molar-refractivity contribution < 1.29 is 18.3 Å². The molecule has 5 heteroatoms. The lowest BCUT2D eigenvalue weighted by Crippen LogP contribution is -2.38. The number of rotatable bonds is 21. The first-order valence-corrected chi connectivity index (χ1v) is 14.2. The highest BCUT2D eigenvalue weighted by molar-refractivity contribution is 6.66. The van der Waals surface area contributed by atoms with E-state index in [0.29, 0.717) is 6.10 Å². The van der Waals surface area contributed by atoms with E-state index in [4.69, 9.17) is 18.3 Å². The standard InChI is InChI=1S/C22H46O4Si/c1-4-25-27(3,26-5-2)19-17-15-13-11-9-7-6-8-10-12-14-16-18-23-20-22-21-24-22/h22H,4-21H2,1-3H3. The van der Waals surface area contributed by atoms with Gasteiger partial charge in [-0.1, -0.05) is 70.6 Å². The summed E-state index contributed by atoms with van der Waals surface area (Å²) in [6, 6.07) is 1.15. The highest BCUT2D eigenvalue weighted by Gasteiger charge is 2.29. The molecule has 0 aromatic heterocycles. The van der Waals surface area contributed by atoms with Crippen LogP contribution in [0.15, 0.2) is 0 Å². The minimum atomic E-state index is -1.87. The summed E-state index contributed by atoms with van der Waals surface area (Å²) in [5, 5.41) is 0. The van der Waals surface area contributed by atoms with Crippen molar-refractivity contribution in [3.63, 3.8) is 0 Å². The van der Waals surface area contributed by atoms with Crippen LogP contribution in [-0.2, 0) is 18.3 Å². The SMILES string of the molecule is CCO[Si](C)(CCCCCCCCCCCCCCOCC1CO1)OCC. The lowest BCUT2D eigenvalue weighted by molar-refractivity contribution is 0.113. The van der Waals surface area contributed by atoms with Crippen molar-refractivity contribution in [2.24, 2.45) is 0 Å². The summed E-state index contributed by atoms with van der Waals surface area (Å²) in [4.78, 5) is 0. The first kappa shape index (κ1) is 25.1. The van der Waals surface area contributed by atoms with Gasteiger partial charge in [0, 0.05) is 19.8 Å². The lowest BCUT2D eigenvalue weighted by Gasteiger charge is -2.25. The molecule has 1 heterocycles. The predicted octanol–water partition coefficient (Wildman–Crippen LogP) is 6.23.